The van der Waals surface area contributed by atoms with Crippen LogP contribution in [0.3, 0.4) is 0 Å². The molecule has 0 saturated carbocycles. The molecule has 0 spiro atoms. The van der Waals surface area contributed by atoms with Gasteiger partial charge in [0, 0.05) is 5.69 Å². The van der Waals surface area contributed by atoms with Gasteiger partial charge in [-0.3, -0.25) is 4.79 Å². The number of rotatable bonds is 3. The summed E-state index contributed by atoms with van der Waals surface area (Å²) in [7, 11) is 0. The molecule has 2 nitrogen and oxygen atoms in total. The van der Waals surface area contributed by atoms with Gasteiger partial charge in [-0.1, -0.05) is 54.6 Å². The van der Waals surface area contributed by atoms with Crippen LogP contribution in [0.15, 0.2) is 78.9 Å². The number of benzene rings is 3. The number of anilines is 1. The summed E-state index contributed by atoms with van der Waals surface area (Å²) in [4.78, 5) is 12.0. The lowest BCUT2D eigenvalue weighted by molar-refractivity contribution is 0.102. The molecular weight excluding hydrogens is 277 g/mol. The number of carbonyl (C=O) groups is 1. The summed E-state index contributed by atoms with van der Waals surface area (Å²) in [6, 6.07) is 23.3. The van der Waals surface area contributed by atoms with Gasteiger partial charge in [0.2, 0.25) is 0 Å². The summed E-state index contributed by atoms with van der Waals surface area (Å²) in [5, 5.41) is 2.70. The highest BCUT2D eigenvalue weighted by molar-refractivity contribution is 6.04. The van der Waals surface area contributed by atoms with Gasteiger partial charge in [-0.15, -0.1) is 0 Å². The molecule has 0 saturated heterocycles. The largest absolute Gasteiger partial charge is 0.322 e. The average molecular weight is 291 g/mol. The molecule has 3 heteroatoms. The molecule has 1 N–H and O–H groups in total. The molecule has 3 aromatic carbocycles. The predicted octanol–water partition coefficient (Wildman–Crippen LogP) is 4.75. The van der Waals surface area contributed by atoms with Crippen molar-refractivity contribution in [3.63, 3.8) is 0 Å². The number of amides is 1. The SMILES string of the molecule is O=C(Nc1ccc(-c2ccccc2)cc1)c1ccccc1F. The zero-order valence-electron chi connectivity index (χ0n) is 11.8. The van der Waals surface area contributed by atoms with Crippen molar-refractivity contribution in [2.24, 2.45) is 0 Å². The molecule has 0 fully saturated rings. The van der Waals surface area contributed by atoms with Crippen LogP contribution in [0, 0.1) is 5.82 Å². The summed E-state index contributed by atoms with van der Waals surface area (Å²) in [5.41, 5.74) is 2.83. The van der Waals surface area contributed by atoms with Crippen LogP contribution in [0.4, 0.5) is 10.1 Å². The van der Waals surface area contributed by atoms with Gasteiger partial charge < -0.3 is 5.32 Å². The Bertz CT molecular complexity index is 782. The van der Waals surface area contributed by atoms with E-state index < -0.39 is 11.7 Å². The minimum Gasteiger partial charge on any atom is -0.322 e. The van der Waals surface area contributed by atoms with Crippen LogP contribution in [0.5, 0.6) is 0 Å². The molecule has 3 aromatic rings. The molecule has 0 bridgehead atoms. The predicted molar refractivity (Wildman–Crippen MR) is 86.2 cm³/mol. The van der Waals surface area contributed by atoms with Crippen molar-refractivity contribution >= 4 is 11.6 Å². The van der Waals surface area contributed by atoms with Crippen LogP contribution in [0.25, 0.3) is 11.1 Å². The third-order valence-corrected chi connectivity index (χ3v) is 3.37. The minimum absolute atomic E-state index is 0.0367. The number of nitrogens with one attached hydrogen (secondary N) is 1. The van der Waals surface area contributed by atoms with E-state index in [2.05, 4.69) is 5.32 Å². The molecule has 0 radical (unpaired) electrons. The maximum atomic E-state index is 13.6. The molecule has 0 unspecified atom stereocenters. The molecule has 22 heavy (non-hydrogen) atoms. The third kappa shape index (κ3) is 3.04. The van der Waals surface area contributed by atoms with Crippen molar-refractivity contribution in [1.82, 2.24) is 0 Å². The first kappa shape index (κ1) is 14.0. The van der Waals surface area contributed by atoms with Crippen molar-refractivity contribution < 1.29 is 9.18 Å². The van der Waals surface area contributed by atoms with Gasteiger partial charge in [-0.25, -0.2) is 4.39 Å². The Hall–Kier alpha value is -2.94. The molecule has 0 heterocycles. The number of hydrogen-bond donors (Lipinski definition) is 1. The lowest BCUT2D eigenvalue weighted by Gasteiger charge is -2.07. The van der Waals surface area contributed by atoms with E-state index in [9.17, 15) is 9.18 Å². The second-order valence-corrected chi connectivity index (χ2v) is 4.88. The van der Waals surface area contributed by atoms with Crippen LogP contribution in [0.2, 0.25) is 0 Å². The molecular formula is C19H14FNO. The van der Waals surface area contributed by atoms with Crippen LogP contribution in [-0.4, -0.2) is 5.91 Å². The van der Waals surface area contributed by atoms with E-state index >= 15 is 0 Å². The molecule has 0 aliphatic carbocycles. The van der Waals surface area contributed by atoms with Crippen molar-refractivity contribution in [3.8, 4) is 11.1 Å². The lowest BCUT2D eigenvalue weighted by Crippen LogP contribution is -2.13. The number of carbonyl (C=O) groups excluding carboxylic acids is 1. The smallest absolute Gasteiger partial charge is 0.258 e. The Kier molecular flexibility index (Phi) is 3.97. The van der Waals surface area contributed by atoms with Gasteiger partial charge in [0.15, 0.2) is 0 Å². The van der Waals surface area contributed by atoms with Gasteiger partial charge in [0.05, 0.1) is 5.56 Å². The quantitative estimate of drug-likeness (QED) is 0.741. The fourth-order valence-corrected chi connectivity index (χ4v) is 2.22. The number of halogens is 1. The Labute approximate surface area is 128 Å². The van der Waals surface area contributed by atoms with Gasteiger partial charge in [0.25, 0.3) is 5.91 Å². The second kappa shape index (κ2) is 6.22. The molecule has 3 rings (SSSR count). The van der Waals surface area contributed by atoms with Crippen LogP contribution in [0.1, 0.15) is 10.4 Å². The Balaban J connectivity index is 1.77. The fourth-order valence-electron chi connectivity index (χ4n) is 2.22. The van der Waals surface area contributed by atoms with Crippen molar-refractivity contribution in [3.05, 3.63) is 90.2 Å². The summed E-state index contributed by atoms with van der Waals surface area (Å²) in [6.45, 7) is 0. The van der Waals surface area contributed by atoms with Crippen molar-refractivity contribution in [1.29, 1.82) is 0 Å². The Morgan fingerprint density at radius 3 is 2.00 bits per heavy atom. The summed E-state index contributed by atoms with van der Waals surface area (Å²) >= 11 is 0. The van der Waals surface area contributed by atoms with Gasteiger partial charge in [0.1, 0.15) is 5.82 Å². The highest BCUT2D eigenvalue weighted by Crippen LogP contribution is 2.21. The highest BCUT2D eigenvalue weighted by Gasteiger charge is 2.10. The zero-order chi connectivity index (χ0) is 15.4. The fraction of sp³-hybridized carbons (Fsp3) is 0. The van der Waals surface area contributed by atoms with Crippen LogP contribution < -0.4 is 5.32 Å². The molecule has 108 valence electrons. The molecule has 0 atom stereocenters. The summed E-state index contributed by atoms with van der Waals surface area (Å²) in [6.07, 6.45) is 0. The Morgan fingerprint density at radius 1 is 0.727 bits per heavy atom. The lowest BCUT2D eigenvalue weighted by atomic mass is 10.1. The molecule has 0 aliphatic heterocycles. The minimum atomic E-state index is -0.527. The molecule has 1 amide bonds. The first-order chi connectivity index (χ1) is 10.7. The van der Waals surface area contributed by atoms with E-state index in [1.165, 1.54) is 12.1 Å². The van der Waals surface area contributed by atoms with E-state index in [1.54, 1.807) is 24.3 Å². The second-order valence-electron chi connectivity index (χ2n) is 4.88. The van der Waals surface area contributed by atoms with Gasteiger partial charge in [-0.2, -0.15) is 0 Å². The average Bonchev–Trinajstić information content (AvgIpc) is 2.57. The molecule has 0 aromatic heterocycles. The number of hydrogen-bond acceptors (Lipinski definition) is 1. The van der Waals surface area contributed by atoms with E-state index in [-0.39, 0.29) is 5.56 Å². The van der Waals surface area contributed by atoms with Crippen LogP contribution >= 0.6 is 0 Å². The zero-order valence-corrected chi connectivity index (χ0v) is 11.8. The molecule has 0 aliphatic rings. The van der Waals surface area contributed by atoms with Crippen molar-refractivity contribution in [2.75, 3.05) is 5.32 Å². The maximum Gasteiger partial charge on any atom is 0.258 e. The van der Waals surface area contributed by atoms with Gasteiger partial charge >= 0.3 is 0 Å². The first-order valence-electron chi connectivity index (χ1n) is 6.95. The summed E-state index contributed by atoms with van der Waals surface area (Å²) in [5.74, 6) is -0.980. The van der Waals surface area contributed by atoms with Crippen molar-refractivity contribution in [2.45, 2.75) is 0 Å². The van der Waals surface area contributed by atoms with Crippen LogP contribution in [-0.2, 0) is 0 Å². The van der Waals surface area contributed by atoms with E-state index in [1.807, 2.05) is 42.5 Å². The standard InChI is InChI=1S/C19H14FNO/c20-18-9-5-4-8-17(18)19(22)21-16-12-10-15(11-13-16)14-6-2-1-3-7-14/h1-13H,(H,21,22). The maximum absolute atomic E-state index is 13.6. The van der Waals surface area contributed by atoms with E-state index in [4.69, 9.17) is 0 Å². The third-order valence-electron chi connectivity index (χ3n) is 3.37. The topological polar surface area (TPSA) is 29.1 Å². The Morgan fingerprint density at radius 2 is 1.32 bits per heavy atom. The first-order valence-corrected chi connectivity index (χ1v) is 6.95. The highest BCUT2D eigenvalue weighted by atomic mass is 19.1. The van der Waals surface area contributed by atoms with E-state index in [0.717, 1.165) is 11.1 Å². The summed E-state index contributed by atoms with van der Waals surface area (Å²) < 4.78 is 13.6. The normalized spacial score (nSPS) is 10.2. The van der Waals surface area contributed by atoms with E-state index in [0.29, 0.717) is 5.69 Å². The monoisotopic (exact) mass is 291 g/mol. The van der Waals surface area contributed by atoms with Gasteiger partial charge in [-0.05, 0) is 35.4 Å².